The average molecular weight is 410 g/mol. The average Bonchev–Trinajstić information content (AvgIpc) is 2.66. The predicted molar refractivity (Wildman–Crippen MR) is 108 cm³/mol. The molecule has 4 bridgehead atoms. The van der Waals surface area contributed by atoms with Gasteiger partial charge in [0, 0.05) is 22.2 Å². The lowest BCUT2D eigenvalue weighted by atomic mass is 9.49. The summed E-state index contributed by atoms with van der Waals surface area (Å²) in [5.41, 5.74) is -0.182. The summed E-state index contributed by atoms with van der Waals surface area (Å²) >= 11 is 0. The molecule has 30 heavy (non-hydrogen) atoms. The molecule has 2 aromatic carbocycles. The minimum atomic E-state index is -0.438. The molecule has 0 unspecified atom stereocenters. The van der Waals surface area contributed by atoms with Crippen LogP contribution in [0.2, 0.25) is 0 Å². The lowest BCUT2D eigenvalue weighted by molar-refractivity contribution is -0.0448. The van der Waals surface area contributed by atoms with Gasteiger partial charge in [0.1, 0.15) is 11.6 Å². The molecule has 4 aliphatic rings. The number of carbonyl (C=O) groups is 2. The van der Waals surface area contributed by atoms with Gasteiger partial charge in [0.2, 0.25) is 0 Å². The molecule has 4 nitrogen and oxygen atoms in total. The van der Waals surface area contributed by atoms with Gasteiger partial charge in [-0.05, 0) is 86.8 Å². The van der Waals surface area contributed by atoms with Crippen LogP contribution in [0, 0.1) is 23.5 Å². The van der Waals surface area contributed by atoms with Crippen molar-refractivity contribution in [2.24, 2.45) is 11.8 Å². The molecule has 0 aromatic heterocycles. The van der Waals surface area contributed by atoms with Crippen LogP contribution in [0.15, 0.2) is 48.5 Å². The van der Waals surface area contributed by atoms with Crippen LogP contribution in [0.3, 0.4) is 0 Å². The summed E-state index contributed by atoms with van der Waals surface area (Å²) in [7, 11) is 0. The highest BCUT2D eigenvalue weighted by molar-refractivity contribution is 5.95. The summed E-state index contributed by atoms with van der Waals surface area (Å²) in [4.78, 5) is 25.7. The Balaban J connectivity index is 1.38. The molecule has 2 aromatic rings. The number of hydrogen-bond acceptors (Lipinski definition) is 2. The van der Waals surface area contributed by atoms with Crippen LogP contribution in [0.5, 0.6) is 0 Å². The zero-order valence-electron chi connectivity index (χ0n) is 16.6. The van der Waals surface area contributed by atoms with Crippen LogP contribution in [-0.4, -0.2) is 22.9 Å². The first-order valence-corrected chi connectivity index (χ1v) is 10.5. The van der Waals surface area contributed by atoms with E-state index in [0.29, 0.717) is 29.4 Å². The SMILES string of the molecule is O=C(NC12CC3CC(C1)CC(NC(=O)c1cccc(F)c1)(C3)C2)c1cccc(F)c1. The minimum Gasteiger partial charge on any atom is -0.346 e. The van der Waals surface area contributed by atoms with Gasteiger partial charge in [-0.25, -0.2) is 8.78 Å². The Bertz CT molecular complexity index is 930. The van der Waals surface area contributed by atoms with Gasteiger partial charge < -0.3 is 10.6 Å². The number of hydrogen-bond donors (Lipinski definition) is 2. The Hall–Kier alpha value is -2.76. The van der Waals surface area contributed by atoms with E-state index in [2.05, 4.69) is 10.6 Å². The molecule has 4 saturated carbocycles. The zero-order chi connectivity index (χ0) is 20.9. The maximum absolute atomic E-state index is 13.6. The topological polar surface area (TPSA) is 58.2 Å². The third-order valence-corrected chi connectivity index (χ3v) is 6.99. The molecule has 0 atom stereocenters. The molecule has 0 aliphatic heterocycles. The first-order chi connectivity index (χ1) is 14.3. The van der Waals surface area contributed by atoms with Crippen molar-refractivity contribution in [2.75, 3.05) is 0 Å². The van der Waals surface area contributed by atoms with Gasteiger partial charge in [-0.2, -0.15) is 0 Å². The van der Waals surface area contributed by atoms with E-state index in [1.54, 1.807) is 12.1 Å². The highest BCUT2D eigenvalue weighted by atomic mass is 19.1. The fraction of sp³-hybridized carbons (Fsp3) is 0.417. The van der Waals surface area contributed by atoms with E-state index in [4.69, 9.17) is 0 Å². The smallest absolute Gasteiger partial charge is 0.251 e. The molecule has 4 aliphatic carbocycles. The lowest BCUT2D eigenvalue weighted by Crippen LogP contribution is -2.69. The molecule has 0 heterocycles. The maximum Gasteiger partial charge on any atom is 0.251 e. The Morgan fingerprint density at radius 1 is 0.767 bits per heavy atom. The molecule has 0 radical (unpaired) electrons. The Labute approximate surface area is 174 Å². The molecule has 156 valence electrons. The second kappa shape index (κ2) is 6.89. The second-order valence-corrected chi connectivity index (χ2v) is 9.45. The van der Waals surface area contributed by atoms with E-state index in [0.717, 1.165) is 32.1 Å². The summed E-state index contributed by atoms with van der Waals surface area (Å²) in [6, 6.07) is 11.4. The summed E-state index contributed by atoms with van der Waals surface area (Å²) < 4.78 is 27.1. The third kappa shape index (κ3) is 3.48. The fourth-order valence-electron chi connectivity index (χ4n) is 6.44. The van der Waals surface area contributed by atoms with Gasteiger partial charge in [0.25, 0.3) is 11.8 Å². The fourth-order valence-corrected chi connectivity index (χ4v) is 6.44. The number of nitrogens with one attached hydrogen (secondary N) is 2. The summed E-state index contributed by atoms with van der Waals surface area (Å²) in [6.07, 6.45) is 5.26. The normalized spacial score (nSPS) is 31.4. The van der Waals surface area contributed by atoms with Crippen molar-refractivity contribution in [2.45, 2.75) is 49.6 Å². The van der Waals surface area contributed by atoms with Crippen LogP contribution in [0.25, 0.3) is 0 Å². The molecule has 2 amide bonds. The minimum absolute atomic E-state index is 0.275. The number of benzene rings is 2. The summed E-state index contributed by atoms with van der Waals surface area (Å²) in [5, 5.41) is 6.40. The van der Waals surface area contributed by atoms with Crippen LogP contribution < -0.4 is 10.6 Å². The van der Waals surface area contributed by atoms with Crippen molar-refractivity contribution in [3.63, 3.8) is 0 Å². The largest absolute Gasteiger partial charge is 0.346 e. The van der Waals surface area contributed by atoms with Gasteiger partial charge in [-0.15, -0.1) is 0 Å². The number of rotatable bonds is 4. The molecular weight excluding hydrogens is 386 g/mol. The molecule has 0 spiro atoms. The first-order valence-electron chi connectivity index (χ1n) is 10.5. The molecule has 6 heteroatoms. The molecular formula is C24H24F2N2O2. The van der Waals surface area contributed by atoms with Gasteiger partial charge in [-0.3, -0.25) is 9.59 Å². The number of halogens is 2. The van der Waals surface area contributed by atoms with E-state index in [1.807, 2.05) is 0 Å². The third-order valence-electron chi connectivity index (χ3n) is 6.99. The summed E-state index contributed by atoms with van der Waals surface area (Å²) in [6.45, 7) is 0. The standard InChI is InChI=1S/C24H24F2N2O2/c25-19-5-1-3-17(8-19)21(29)27-23-10-15-7-16(11-23)13-24(12-15,14-23)28-22(30)18-4-2-6-20(26)9-18/h1-6,8-9,15-16H,7,10-14H2,(H,27,29)(H,28,30). The maximum atomic E-state index is 13.6. The van der Waals surface area contributed by atoms with Crippen molar-refractivity contribution >= 4 is 11.8 Å². The Kier molecular flexibility index (Phi) is 4.42. The zero-order valence-corrected chi connectivity index (χ0v) is 16.6. The van der Waals surface area contributed by atoms with Crippen molar-refractivity contribution in [1.29, 1.82) is 0 Å². The highest BCUT2D eigenvalue weighted by Crippen LogP contribution is 2.57. The first kappa shape index (κ1) is 19.2. The van der Waals surface area contributed by atoms with Crippen molar-refractivity contribution in [1.82, 2.24) is 10.6 Å². The number of carbonyl (C=O) groups excluding carboxylic acids is 2. The molecule has 4 fully saturated rings. The Morgan fingerprint density at radius 3 is 1.60 bits per heavy atom. The van der Waals surface area contributed by atoms with Crippen molar-refractivity contribution in [3.8, 4) is 0 Å². The van der Waals surface area contributed by atoms with E-state index in [9.17, 15) is 18.4 Å². The van der Waals surface area contributed by atoms with Crippen molar-refractivity contribution in [3.05, 3.63) is 71.3 Å². The van der Waals surface area contributed by atoms with E-state index >= 15 is 0 Å². The molecule has 2 N–H and O–H groups in total. The lowest BCUT2D eigenvalue weighted by Gasteiger charge is -2.62. The summed E-state index contributed by atoms with van der Waals surface area (Å²) in [5.74, 6) is -0.580. The second-order valence-electron chi connectivity index (χ2n) is 9.45. The van der Waals surface area contributed by atoms with Crippen LogP contribution in [0.1, 0.15) is 59.2 Å². The molecule has 6 rings (SSSR count). The predicted octanol–water partition coefficient (Wildman–Crippen LogP) is 4.22. The molecule has 0 saturated heterocycles. The monoisotopic (exact) mass is 410 g/mol. The van der Waals surface area contributed by atoms with Crippen LogP contribution >= 0.6 is 0 Å². The van der Waals surface area contributed by atoms with Gasteiger partial charge >= 0.3 is 0 Å². The quantitative estimate of drug-likeness (QED) is 0.793. The van der Waals surface area contributed by atoms with Crippen molar-refractivity contribution < 1.29 is 18.4 Å². The van der Waals surface area contributed by atoms with Crippen LogP contribution in [0.4, 0.5) is 8.78 Å². The van der Waals surface area contributed by atoms with E-state index in [-0.39, 0.29) is 11.8 Å². The van der Waals surface area contributed by atoms with Gasteiger partial charge in [-0.1, -0.05) is 12.1 Å². The Morgan fingerprint density at radius 2 is 1.20 bits per heavy atom. The van der Waals surface area contributed by atoms with E-state index < -0.39 is 22.7 Å². The van der Waals surface area contributed by atoms with E-state index in [1.165, 1.54) is 36.4 Å². The number of amides is 2. The highest BCUT2D eigenvalue weighted by Gasteiger charge is 2.58. The van der Waals surface area contributed by atoms with Gasteiger partial charge in [0.05, 0.1) is 0 Å². The van der Waals surface area contributed by atoms with Crippen LogP contribution in [-0.2, 0) is 0 Å². The van der Waals surface area contributed by atoms with Gasteiger partial charge in [0.15, 0.2) is 0 Å².